The van der Waals surface area contributed by atoms with E-state index >= 15 is 0 Å². The maximum absolute atomic E-state index is 13.9. The summed E-state index contributed by atoms with van der Waals surface area (Å²) in [6.07, 6.45) is 2.60. The van der Waals surface area contributed by atoms with E-state index in [1.807, 2.05) is 12.1 Å². The summed E-state index contributed by atoms with van der Waals surface area (Å²) in [6.45, 7) is 4.72. The Hall–Kier alpha value is -3.58. The second-order valence-corrected chi connectivity index (χ2v) is 8.41. The molecule has 0 fully saturated rings. The third kappa shape index (κ3) is 5.66. The zero-order valence-electron chi connectivity index (χ0n) is 18.9. The van der Waals surface area contributed by atoms with Gasteiger partial charge >= 0.3 is 0 Å². The smallest absolute Gasteiger partial charge is 0.292 e. The maximum atomic E-state index is 13.9. The molecule has 1 atom stereocenters. The quantitative estimate of drug-likeness (QED) is 0.290. The lowest BCUT2D eigenvalue weighted by Gasteiger charge is -2.10. The van der Waals surface area contributed by atoms with Crippen LogP contribution in [0.5, 0.6) is 5.75 Å². The van der Waals surface area contributed by atoms with E-state index in [9.17, 15) is 9.18 Å². The Morgan fingerprint density at radius 1 is 1.18 bits per heavy atom. The van der Waals surface area contributed by atoms with Crippen LogP contribution in [0.2, 0.25) is 5.02 Å². The van der Waals surface area contributed by atoms with Crippen LogP contribution in [0.4, 0.5) is 10.2 Å². The molecule has 0 saturated carbocycles. The zero-order valence-corrected chi connectivity index (χ0v) is 19.7. The summed E-state index contributed by atoms with van der Waals surface area (Å²) < 4.78 is 26.7. The van der Waals surface area contributed by atoms with E-state index in [0.717, 1.165) is 12.2 Å². The fourth-order valence-corrected chi connectivity index (χ4v) is 3.59. The number of aromatic nitrogens is 2. The number of carbonyl (C=O) groups is 1. The van der Waals surface area contributed by atoms with Crippen LogP contribution >= 0.6 is 11.6 Å². The van der Waals surface area contributed by atoms with Gasteiger partial charge in [0, 0.05) is 11.8 Å². The number of amides is 1. The Morgan fingerprint density at radius 3 is 2.68 bits per heavy atom. The van der Waals surface area contributed by atoms with Gasteiger partial charge in [-0.25, -0.2) is 4.39 Å². The highest BCUT2D eigenvalue weighted by atomic mass is 35.5. The molecule has 0 spiro atoms. The Labute approximate surface area is 202 Å². The second-order valence-electron chi connectivity index (χ2n) is 8.00. The normalized spacial score (nSPS) is 11.9. The van der Waals surface area contributed by atoms with Crippen LogP contribution < -0.4 is 10.1 Å². The van der Waals surface area contributed by atoms with Gasteiger partial charge in [0.25, 0.3) is 5.91 Å². The molecular formula is C26H25ClFN3O3. The fourth-order valence-electron chi connectivity index (χ4n) is 3.39. The largest absolute Gasteiger partial charge is 0.486 e. The molecule has 8 heteroatoms. The molecule has 1 N–H and O–H groups in total. The highest BCUT2D eigenvalue weighted by Crippen LogP contribution is 2.24. The lowest BCUT2D eigenvalue weighted by Crippen LogP contribution is -2.12. The number of hydrogen-bond donors (Lipinski definition) is 1. The van der Waals surface area contributed by atoms with Crippen LogP contribution in [-0.2, 0) is 13.2 Å². The number of rotatable bonds is 9. The summed E-state index contributed by atoms with van der Waals surface area (Å²) in [5, 5.41) is 7.10. The lowest BCUT2D eigenvalue weighted by atomic mass is 9.99. The Bertz CT molecular complexity index is 1270. The van der Waals surface area contributed by atoms with Crippen molar-refractivity contribution < 1.29 is 18.3 Å². The third-order valence-corrected chi connectivity index (χ3v) is 5.84. The zero-order chi connectivity index (χ0) is 24.1. The van der Waals surface area contributed by atoms with Crippen molar-refractivity contribution in [1.82, 2.24) is 9.78 Å². The number of halogens is 2. The van der Waals surface area contributed by atoms with E-state index < -0.39 is 5.91 Å². The van der Waals surface area contributed by atoms with Gasteiger partial charge in [0.1, 0.15) is 29.0 Å². The van der Waals surface area contributed by atoms with Crippen LogP contribution in [0.25, 0.3) is 0 Å². The monoisotopic (exact) mass is 481 g/mol. The van der Waals surface area contributed by atoms with Crippen molar-refractivity contribution >= 4 is 23.3 Å². The molecule has 0 saturated heterocycles. The number of benzene rings is 2. The number of furan rings is 1. The van der Waals surface area contributed by atoms with E-state index in [1.165, 1.54) is 22.5 Å². The summed E-state index contributed by atoms with van der Waals surface area (Å²) in [5.74, 6) is 1.16. The van der Waals surface area contributed by atoms with Gasteiger partial charge in [-0.2, -0.15) is 5.10 Å². The molecule has 1 unspecified atom stereocenters. The van der Waals surface area contributed by atoms with E-state index in [2.05, 4.69) is 36.4 Å². The number of nitrogens with zero attached hydrogens (tertiary/aromatic N) is 2. The minimum absolute atomic E-state index is 0.102. The average molecular weight is 482 g/mol. The van der Waals surface area contributed by atoms with Gasteiger partial charge < -0.3 is 14.5 Å². The molecule has 2 aromatic carbocycles. The van der Waals surface area contributed by atoms with Crippen molar-refractivity contribution in [2.24, 2.45) is 0 Å². The predicted octanol–water partition coefficient (Wildman–Crippen LogP) is 6.66. The number of ether oxygens (including phenoxy) is 1. The summed E-state index contributed by atoms with van der Waals surface area (Å²) in [5.41, 5.74) is 1.73. The highest BCUT2D eigenvalue weighted by Gasteiger charge is 2.16. The summed E-state index contributed by atoms with van der Waals surface area (Å²) >= 11 is 6.20. The van der Waals surface area contributed by atoms with Crippen LogP contribution in [0.15, 0.2) is 71.3 Å². The molecule has 1 amide bonds. The molecule has 0 aliphatic heterocycles. The number of hydrogen-bond acceptors (Lipinski definition) is 4. The van der Waals surface area contributed by atoms with Gasteiger partial charge in [-0.05, 0) is 48.2 Å². The summed E-state index contributed by atoms with van der Waals surface area (Å²) in [4.78, 5) is 12.6. The van der Waals surface area contributed by atoms with Crippen molar-refractivity contribution in [3.05, 3.63) is 100 Å². The topological polar surface area (TPSA) is 69.3 Å². The lowest BCUT2D eigenvalue weighted by molar-refractivity contribution is 0.0992. The van der Waals surface area contributed by atoms with Crippen molar-refractivity contribution in [2.45, 2.75) is 39.3 Å². The van der Waals surface area contributed by atoms with E-state index in [0.29, 0.717) is 17.2 Å². The predicted molar refractivity (Wildman–Crippen MR) is 129 cm³/mol. The molecule has 2 aromatic heterocycles. The van der Waals surface area contributed by atoms with E-state index in [1.54, 1.807) is 30.3 Å². The van der Waals surface area contributed by atoms with E-state index in [-0.39, 0.29) is 35.6 Å². The molecular weight excluding hydrogens is 457 g/mol. The van der Waals surface area contributed by atoms with Gasteiger partial charge in [-0.1, -0.05) is 55.8 Å². The summed E-state index contributed by atoms with van der Waals surface area (Å²) in [7, 11) is 0. The Kier molecular flexibility index (Phi) is 7.33. The second kappa shape index (κ2) is 10.6. The van der Waals surface area contributed by atoms with Crippen molar-refractivity contribution in [1.29, 1.82) is 0 Å². The standard InChI is InChI=1S/C26H25ClFN3O3/c1-3-17(2)18-8-10-20(11-9-18)33-16-21-12-13-24(34-21)26(32)29-25-22(27)15-31(30-25)14-19-6-4-5-7-23(19)28/h4-13,15,17H,3,14,16H2,1-2H3,(H,29,30,32). The van der Waals surface area contributed by atoms with Crippen LogP contribution in [0.3, 0.4) is 0 Å². The van der Waals surface area contributed by atoms with Crippen molar-refractivity contribution in [3.63, 3.8) is 0 Å². The molecule has 0 aliphatic rings. The Balaban J connectivity index is 1.34. The van der Waals surface area contributed by atoms with Crippen molar-refractivity contribution in [3.8, 4) is 5.75 Å². The molecule has 4 rings (SSSR count). The first-order valence-corrected chi connectivity index (χ1v) is 11.4. The number of carbonyl (C=O) groups excluding carboxylic acids is 1. The van der Waals surface area contributed by atoms with Gasteiger partial charge in [0.15, 0.2) is 11.6 Å². The van der Waals surface area contributed by atoms with Gasteiger partial charge in [-0.15, -0.1) is 0 Å². The van der Waals surface area contributed by atoms with Gasteiger partial charge in [0.2, 0.25) is 0 Å². The molecule has 0 aliphatic carbocycles. The minimum atomic E-state index is -0.498. The van der Waals surface area contributed by atoms with Crippen molar-refractivity contribution in [2.75, 3.05) is 5.32 Å². The third-order valence-electron chi connectivity index (χ3n) is 5.57. The van der Waals surface area contributed by atoms with Crippen LogP contribution in [0.1, 0.15) is 53.6 Å². The molecule has 0 bridgehead atoms. The maximum Gasteiger partial charge on any atom is 0.292 e. The molecule has 34 heavy (non-hydrogen) atoms. The first kappa shape index (κ1) is 23.6. The first-order valence-electron chi connectivity index (χ1n) is 11.0. The average Bonchev–Trinajstić information content (AvgIpc) is 3.45. The molecule has 6 nitrogen and oxygen atoms in total. The van der Waals surface area contributed by atoms with Crippen LogP contribution in [-0.4, -0.2) is 15.7 Å². The highest BCUT2D eigenvalue weighted by molar-refractivity contribution is 6.33. The van der Waals surface area contributed by atoms with Gasteiger partial charge in [-0.3, -0.25) is 9.48 Å². The number of nitrogens with one attached hydrogen (secondary N) is 1. The fraction of sp³-hybridized carbons (Fsp3) is 0.231. The number of anilines is 1. The molecule has 0 radical (unpaired) electrons. The SMILES string of the molecule is CCC(C)c1ccc(OCc2ccc(C(=O)Nc3nn(Cc4ccccc4F)cc3Cl)o2)cc1. The molecule has 2 heterocycles. The van der Waals surface area contributed by atoms with Gasteiger partial charge in [0.05, 0.1) is 6.54 Å². The molecule has 4 aromatic rings. The minimum Gasteiger partial charge on any atom is -0.486 e. The van der Waals surface area contributed by atoms with Crippen LogP contribution in [0, 0.1) is 5.82 Å². The van der Waals surface area contributed by atoms with E-state index in [4.69, 9.17) is 20.8 Å². The molecule has 176 valence electrons. The Morgan fingerprint density at radius 2 is 1.94 bits per heavy atom. The first-order chi connectivity index (χ1) is 16.4. The summed E-state index contributed by atoms with van der Waals surface area (Å²) in [6, 6.07) is 17.6.